The van der Waals surface area contributed by atoms with E-state index >= 15 is 0 Å². The van der Waals surface area contributed by atoms with Gasteiger partial charge in [-0.05, 0) is 113 Å². The monoisotopic (exact) mass is 738 g/mol. The predicted octanol–water partition coefficient (Wildman–Crippen LogP) is 7.03. The molecule has 0 saturated carbocycles. The molecule has 0 radical (unpaired) electrons. The van der Waals surface area contributed by atoms with Crippen LogP contribution in [0.4, 0.5) is 27.5 Å². The lowest BCUT2D eigenvalue weighted by atomic mass is 10.1. The van der Waals surface area contributed by atoms with Crippen molar-refractivity contribution in [2.75, 3.05) is 27.2 Å². The van der Waals surface area contributed by atoms with Crippen LogP contribution < -0.4 is 20.1 Å². The summed E-state index contributed by atoms with van der Waals surface area (Å²) in [5.74, 6) is -1.78. The van der Waals surface area contributed by atoms with Crippen LogP contribution in [-0.2, 0) is 24.8 Å². The Morgan fingerprint density at radius 2 is 1.13 bits per heavy atom. The Kier molecular flexibility index (Phi) is 9.56. The first-order chi connectivity index (χ1) is 24.7. The van der Waals surface area contributed by atoms with E-state index in [1.165, 1.54) is 80.8 Å². The van der Waals surface area contributed by atoms with Crippen LogP contribution in [0.2, 0.25) is 0 Å². The molecule has 5 N–H and O–H groups in total. The fraction of sp³-hybridized carbons (Fsp3) is 0.0541. The van der Waals surface area contributed by atoms with Gasteiger partial charge in [-0.3, -0.25) is 9.44 Å². The van der Waals surface area contributed by atoms with Crippen molar-refractivity contribution in [2.45, 2.75) is 16.7 Å². The van der Waals surface area contributed by atoms with E-state index in [1.54, 1.807) is 48.5 Å². The number of amides is 2. The second-order valence-electron chi connectivity index (χ2n) is 11.6. The zero-order valence-corrected chi connectivity index (χ0v) is 29.1. The Morgan fingerprint density at radius 1 is 0.596 bits per heavy atom. The summed E-state index contributed by atoms with van der Waals surface area (Å²) >= 11 is 0. The van der Waals surface area contributed by atoms with E-state index in [2.05, 4.69) is 20.1 Å². The number of nitrogens with one attached hydrogen (secondary N) is 4. The summed E-state index contributed by atoms with van der Waals surface area (Å²) in [6.45, 7) is 1.51. The van der Waals surface area contributed by atoms with Crippen molar-refractivity contribution in [3.8, 4) is 0 Å². The molecule has 0 aliphatic carbocycles. The Labute approximate surface area is 298 Å². The minimum absolute atomic E-state index is 0.0250. The number of aromatic carboxylic acids is 1. The number of methoxy groups -OCH3 is 1. The van der Waals surface area contributed by atoms with Crippen LogP contribution in [0, 0.1) is 6.92 Å². The summed E-state index contributed by atoms with van der Waals surface area (Å²) in [6.07, 6.45) is 0. The number of carbonyl (C=O) groups excluding carboxylic acids is 2. The van der Waals surface area contributed by atoms with Crippen LogP contribution in [0.3, 0.4) is 0 Å². The van der Waals surface area contributed by atoms with Gasteiger partial charge in [-0.25, -0.2) is 31.2 Å². The van der Waals surface area contributed by atoms with Crippen LogP contribution in [0.1, 0.15) is 26.3 Å². The van der Waals surface area contributed by atoms with E-state index in [9.17, 15) is 36.3 Å². The first-order valence-electron chi connectivity index (χ1n) is 15.4. The number of benzene rings is 6. The van der Waals surface area contributed by atoms with E-state index in [1.807, 2.05) is 0 Å². The van der Waals surface area contributed by atoms with Gasteiger partial charge in [-0.2, -0.15) is 0 Å². The Bertz CT molecular complexity index is 2640. The van der Waals surface area contributed by atoms with Gasteiger partial charge in [0.15, 0.2) is 0 Å². The highest BCUT2D eigenvalue weighted by Crippen LogP contribution is 2.28. The van der Waals surface area contributed by atoms with Gasteiger partial charge in [-0.1, -0.05) is 36.4 Å². The molecule has 6 rings (SSSR count). The molecule has 0 fully saturated rings. The van der Waals surface area contributed by atoms with Crippen molar-refractivity contribution < 1.29 is 41.1 Å². The second kappa shape index (κ2) is 14.0. The zero-order chi connectivity index (χ0) is 37.2. The molecule has 0 bridgehead atoms. The van der Waals surface area contributed by atoms with Crippen LogP contribution >= 0.6 is 0 Å². The summed E-state index contributed by atoms with van der Waals surface area (Å²) in [6, 6.07) is 28.6. The summed E-state index contributed by atoms with van der Waals surface area (Å²) in [4.78, 5) is 36.3. The molecule has 0 aromatic heterocycles. The van der Waals surface area contributed by atoms with E-state index in [0.29, 0.717) is 27.5 Å². The van der Waals surface area contributed by atoms with E-state index < -0.39 is 38.0 Å². The summed E-state index contributed by atoms with van der Waals surface area (Å²) < 4.78 is 62.5. The number of anilines is 4. The first kappa shape index (κ1) is 35.4. The minimum atomic E-state index is -4.10. The number of hydrogen-bond donors (Lipinski definition) is 5. The molecule has 6 aromatic carbocycles. The number of esters is 1. The quantitative estimate of drug-likeness (QED) is 0.0916. The van der Waals surface area contributed by atoms with Crippen molar-refractivity contribution in [2.24, 2.45) is 0 Å². The Hall–Kier alpha value is -6.45. The second-order valence-corrected chi connectivity index (χ2v) is 15.0. The highest BCUT2D eigenvalue weighted by atomic mass is 32.2. The molecule has 2 amide bonds. The molecule has 0 unspecified atom stereocenters. The first-order valence-corrected chi connectivity index (χ1v) is 18.4. The average Bonchev–Trinajstić information content (AvgIpc) is 3.11. The largest absolute Gasteiger partial charge is 0.478 e. The van der Waals surface area contributed by atoms with E-state index in [-0.39, 0.29) is 37.9 Å². The third-order valence-corrected chi connectivity index (χ3v) is 10.8. The molecule has 0 heterocycles. The summed E-state index contributed by atoms with van der Waals surface area (Å²) in [7, 11) is -6.92. The molecule has 13 nitrogen and oxygen atoms in total. The minimum Gasteiger partial charge on any atom is -0.478 e. The number of sulfonamides is 2. The molecule has 264 valence electrons. The Balaban J connectivity index is 1.17. The van der Waals surface area contributed by atoms with Crippen molar-refractivity contribution >= 4 is 82.3 Å². The zero-order valence-electron chi connectivity index (χ0n) is 27.5. The number of carboxylic acid groups (broad SMARTS) is 1. The number of fused-ring (bicyclic) bond motifs is 2. The third-order valence-electron chi connectivity index (χ3n) is 8.10. The highest BCUT2D eigenvalue weighted by Gasteiger charge is 2.19. The van der Waals surface area contributed by atoms with Crippen LogP contribution in [0.15, 0.2) is 125 Å². The van der Waals surface area contributed by atoms with E-state index in [0.717, 1.165) is 5.39 Å². The van der Waals surface area contributed by atoms with Crippen LogP contribution in [0.25, 0.3) is 21.5 Å². The molecular weight excluding hydrogens is 709 g/mol. The van der Waals surface area contributed by atoms with Gasteiger partial charge in [0, 0.05) is 17.1 Å². The maximum absolute atomic E-state index is 13.3. The molecule has 0 aliphatic rings. The lowest BCUT2D eigenvalue weighted by molar-refractivity contribution is 0.0599. The number of carboxylic acids is 1. The maximum Gasteiger partial charge on any atom is 0.337 e. The van der Waals surface area contributed by atoms with Gasteiger partial charge in [0.2, 0.25) is 0 Å². The maximum atomic E-state index is 13.3. The van der Waals surface area contributed by atoms with Gasteiger partial charge < -0.3 is 20.5 Å². The normalized spacial score (nSPS) is 11.5. The molecule has 52 heavy (non-hydrogen) atoms. The van der Waals surface area contributed by atoms with Gasteiger partial charge in [-0.15, -0.1) is 0 Å². The smallest absolute Gasteiger partial charge is 0.337 e. The van der Waals surface area contributed by atoms with Gasteiger partial charge in [0.05, 0.1) is 33.7 Å². The molecule has 0 aliphatic heterocycles. The van der Waals surface area contributed by atoms with Gasteiger partial charge in [0.25, 0.3) is 20.0 Å². The highest BCUT2D eigenvalue weighted by molar-refractivity contribution is 7.93. The Morgan fingerprint density at radius 3 is 1.69 bits per heavy atom. The average molecular weight is 739 g/mol. The molecule has 0 spiro atoms. The lowest BCUT2D eigenvalue weighted by Crippen LogP contribution is -2.19. The van der Waals surface area contributed by atoms with Gasteiger partial charge in [0.1, 0.15) is 0 Å². The van der Waals surface area contributed by atoms with Crippen molar-refractivity contribution in [3.05, 3.63) is 132 Å². The molecule has 15 heteroatoms. The van der Waals surface area contributed by atoms with Crippen LogP contribution in [-0.4, -0.2) is 47.0 Å². The standard InChI is InChI=1S/C37H30N4O9S2/c1-22-33(35(42)43)7-4-8-34(22)41-52(48,49)32-16-12-24-10-14-29(19-27(24)21-32)39-37(45)38-28-13-9-23-11-15-31(20-26(23)18-28)51(46,47)40-30-6-3-5-25(17-30)36(44)50-2/h3-21,40-41H,1-2H3,(H,42,43)(H2,38,39,45). The molecular formula is C37H30N4O9S2. The SMILES string of the molecule is COC(=O)c1cccc(NS(=O)(=O)c2ccc3ccc(NC(=O)Nc4ccc5ccc(S(=O)(=O)Nc6cccc(C(=O)O)c6C)cc5c4)cc3c2)c1. The lowest BCUT2D eigenvalue weighted by Gasteiger charge is -2.13. The number of rotatable bonds is 10. The van der Waals surface area contributed by atoms with Crippen LogP contribution in [0.5, 0.6) is 0 Å². The van der Waals surface area contributed by atoms with Gasteiger partial charge >= 0.3 is 18.0 Å². The number of ether oxygens (including phenoxy) is 1. The number of urea groups is 1. The number of carbonyl (C=O) groups is 3. The molecule has 6 aromatic rings. The number of hydrogen-bond acceptors (Lipinski definition) is 8. The predicted molar refractivity (Wildman–Crippen MR) is 198 cm³/mol. The fourth-order valence-electron chi connectivity index (χ4n) is 5.46. The van der Waals surface area contributed by atoms with Crippen molar-refractivity contribution in [1.29, 1.82) is 0 Å². The van der Waals surface area contributed by atoms with E-state index in [4.69, 9.17) is 4.74 Å². The summed E-state index contributed by atoms with van der Waals surface area (Å²) in [5.41, 5.74) is 1.49. The topological polar surface area (TPSA) is 197 Å². The molecule has 0 atom stereocenters. The molecule has 0 saturated heterocycles. The fourth-order valence-corrected chi connectivity index (χ4v) is 7.70. The van der Waals surface area contributed by atoms with Crippen molar-refractivity contribution in [3.63, 3.8) is 0 Å². The third kappa shape index (κ3) is 7.65. The summed E-state index contributed by atoms with van der Waals surface area (Å²) in [5, 5.41) is 17.3. The van der Waals surface area contributed by atoms with Crippen molar-refractivity contribution in [1.82, 2.24) is 0 Å².